The molecule has 0 aliphatic carbocycles. The largest absolute Gasteiger partial charge is 0.344 e. The Balaban J connectivity index is 2.00. The number of pyridine rings is 1. The monoisotopic (exact) mass is 325 g/mol. The number of hydrogen-bond acceptors (Lipinski definition) is 3. The smallest absolute Gasteiger partial charge is 0.248 e. The summed E-state index contributed by atoms with van der Waals surface area (Å²) in [6, 6.07) is 14.3. The molecule has 24 heavy (non-hydrogen) atoms. The molecule has 1 aromatic heterocycles. The summed E-state index contributed by atoms with van der Waals surface area (Å²) in [5, 5.41) is 5.59. The van der Waals surface area contributed by atoms with Gasteiger partial charge in [-0.1, -0.05) is 50.2 Å². The van der Waals surface area contributed by atoms with Crippen molar-refractivity contribution < 1.29 is 9.59 Å². The van der Waals surface area contributed by atoms with Crippen molar-refractivity contribution >= 4 is 17.6 Å². The van der Waals surface area contributed by atoms with Crippen LogP contribution in [0.5, 0.6) is 0 Å². The number of benzene rings is 1. The van der Waals surface area contributed by atoms with E-state index in [9.17, 15) is 9.59 Å². The van der Waals surface area contributed by atoms with Crippen molar-refractivity contribution in [1.82, 2.24) is 10.3 Å². The average molecular weight is 325 g/mol. The highest BCUT2D eigenvalue weighted by Gasteiger charge is 2.24. The van der Waals surface area contributed by atoms with Gasteiger partial charge in [0.05, 0.1) is 6.42 Å². The molecule has 0 fully saturated rings. The molecule has 2 N–H and O–H groups in total. The third kappa shape index (κ3) is 5.19. The highest BCUT2D eigenvalue weighted by Crippen LogP contribution is 2.09. The Morgan fingerprint density at radius 2 is 1.75 bits per heavy atom. The van der Waals surface area contributed by atoms with Crippen LogP contribution in [0.2, 0.25) is 0 Å². The van der Waals surface area contributed by atoms with Crippen LogP contribution >= 0.6 is 0 Å². The highest BCUT2D eigenvalue weighted by molar-refractivity contribution is 5.97. The molecule has 0 saturated carbocycles. The quantitative estimate of drug-likeness (QED) is 0.858. The summed E-state index contributed by atoms with van der Waals surface area (Å²) in [6.45, 7) is 5.66. The second-order valence-electron chi connectivity index (χ2n) is 6.11. The summed E-state index contributed by atoms with van der Waals surface area (Å²) in [5.41, 5.74) is 1.74. The van der Waals surface area contributed by atoms with Crippen molar-refractivity contribution in [3.63, 3.8) is 0 Å². The molecule has 0 spiro atoms. The average Bonchev–Trinajstić information content (AvgIpc) is 2.53. The lowest BCUT2D eigenvalue weighted by molar-refractivity contribution is -0.127. The highest BCUT2D eigenvalue weighted by atomic mass is 16.2. The van der Waals surface area contributed by atoms with Gasteiger partial charge in [0, 0.05) is 5.69 Å². The molecule has 5 heteroatoms. The summed E-state index contributed by atoms with van der Waals surface area (Å²) in [5.74, 6) is 0.0225. The molecule has 1 heterocycles. The molecule has 0 unspecified atom stereocenters. The second-order valence-corrected chi connectivity index (χ2v) is 6.11. The fraction of sp³-hybridized carbons (Fsp3) is 0.316. The minimum absolute atomic E-state index is 0.0328. The summed E-state index contributed by atoms with van der Waals surface area (Å²) >= 11 is 0. The van der Waals surface area contributed by atoms with Crippen LogP contribution in [-0.4, -0.2) is 22.8 Å². The van der Waals surface area contributed by atoms with Gasteiger partial charge in [0.25, 0.3) is 0 Å². The number of nitrogens with one attached hydrogen (secondary N) is 2. The minimum atomic E-state index is -0.608. The van der Waals surface area contributed by atoms with Gasteiger partial charge < -0.3 is 10.6 Å². The Bertz CT molecular complexity index is 699. The normalized spacial score (nSPS) is 11.8. The zero-order valence-electron chi connectivity index (χ0n) is 14.2. The van der Waals surface area contributed by atoms with Crippen LogP contribution in [0.3, 0.4) is 0 Å². The number of carbonyl (C=O) groups excluding carboxylic acids is 2. The summed E-state index contributed by atoms with van der Waals surface area (Å²) < 4.78 is 0. The van der Waals surface area contributed by atoms with Crippen LogP contribution in [0.4, 0.5) is 5.82 Å². The van der Waals surface area contributed by atoms with Crippen LogP contribution in [0.25, 0.3) is 0 Å². The van der Waals surface area contributed by atoms with E-state index >= 15 is 0 Å². The maximum Gasteiger partial charge on any atom is 0.248 e. The number of nitrogens with zero attached hydrogens (tertiary/aromatic N) is 1. The number of aryl methyl sites for hydroxylation is 1. The molecule has 2 rings (SSSR count). The lowest BCUT2D eigenvalue weighted by Crippen LogP contribution is -2.47. The molecular formula is C19H23N3O2. The zero-order valence-corrected chi connectivity index (χ0v) is 14.2. The molecule has 1 atom stereocenters. The van der Waals surface area contributed by atoms with Gasteiger partial charge in [0.2, 0.25) is 11.8 Å². The molecule has 0 aliphatic rings. The van der Waals surface area contributed by atoms with Crippen molar-refractivity contribution in [3.8, 4) is 0 Å². The van der Waals surface area contributed by atoms with E-state index in [2.05, 4.69) is 15.6 Å². The molecule has 0 saturated heterocycles. The Hall–Kier alpha value is -2.69. The van der Waals surface area contributed by atoms with Crippen molar-refractivity contribution in [2.45, 2.75) is 33.2 Å². The van der Waals surface area contributed by atoms with Gasteiger partial charge in [-0.2, -0.15) is 0 Å². The van der Waals surface area contributed by atoms with E-state index in [0.29, 0.717) is 5.82 Å². The number of hydrogen-bond donors (Lipinski definition) is 2. The predicted molar refractivity (Wildman–Crippen MR) is 94.5 cm³/mol. The first-order valence-electron chi connectivity index (χ1n) is 8.03. The van der Waals surface area contributed by atoms with Crippen molar-refractivity contribution in [2.24, 2.45) is 5.92 Å². The van der Waals surface area contributed by atoms with Crippen molar-refractivity contribution in [1.29, 1.82) is 0 Å². The topological polar surface area (TPSA) is 71.1 Å². The zero-order chi connectivity index (χ0) is 17.5. The van der Waals surface area contributed by atoms with E-state index in [1.54, 1.807) is 6.07 Å². The van der Waals surface area contributed by atoms with Crippen LogP contribution < -0.4 is 10.6 Å². The molecular weight excluding hydrogens is 302 g/mol. The van der Waals surface area contributed by atoms with E-state index in [4.69, 9.17) is 0 Å². The summed E-state index contributed by atoms with van der Waals surface area (Å²) in [7, 11) is 0. The van der Waals surface area contributed by atoms with Gasteiger partial charge in [-0.15, -0.1) is 0 Å². The standard InChI is InChI=1S/C19H23N3O2/c1-13(2)18(19(24)21-16-11-7-8-14(3)20-16)22-17(23)12-15-9-5-4-6-10-15/h4-11,13,18H,12H2,1-3H3,(H,22,23)(H,20,21,24)/t18-/m0/s1. The van der Waals surface area contributed by atoms with Gasteiger partial charge in [0.15, 0.2) is 0 Å². The fourth-order valence-corrected chi connectivity index (χ4v) is 2.36. The van der Waals surface area contributed by atoms with Gasteiger partial charge in [-0.25, -0.2) is 4.98 Å². The number of amides is 2. The van der Waals surface area contributed by atoms with Crippen molar-refractivity contribution in [3.05, 3.63) is 59.8 Å². The maximum absolute atomic E-state index is 12.5. The lowest BCUT2D eigenvalue weighted by atomic mass is 10.0. The molecule has 0 bridgehead atoms. The van der Waals surface area contributed by atoms with Gasteiger partial charge in [-0.3, -0.25) is 9.59 Å². The molecule has 0 aliphatic heterocycles. The van der Waals surface area contributed by atoms with E-state index < -0.39 is 6.04 Å². The number of rotatable bonds is 6. The summed E-state index contributed by atoms with van der Waals surface area (Å²) in [6.07, 6.45) is 0.250. The van der Waals surface area contributed by atoms with E-state index in [-0.39, 0.29) is 24.2 Å². The van der Waals surface area contributed by atoms with E-state index in [1.165, 1.54) is 0 Å². The molecule has 0 radical (unpaired) electrons. The summed E-state index contributed by atoms with van der Waals surface area (Å²) in [4.78, 5) is 29.0. The Morgan fingerprint density at radius 3 is 2.38 bits per heavy atom. The number of carbonyl (C=O) groups is 2. The first-order valence-corrected chi connectivity index (χ1v) is 8.03. The molecule has 126 valence electrons. The predicted octanol–water partition coefficient (Wildman–Crippen LogP) is 2.71. The Morgan fingerprint density at radius 1 is 1.04 bits per heavy atom. The van der Waals surface area contributed by atoms with Crippen LogP contribution in [0, 0.1) is 12.8 Å². The number of aromatic nitrogens is 1. The number of anilines is 1. The first kappa shape index (κ1) is 17.7. The molecule has 1 aromatic carbocycles. The fourth-order valence-electron chi connectivity index (χ4n) is 2.36. The molecule has 5 nitrogen and oxygen atoms in total. The van der Waals surface area contributed by atoms with Crippen LogP contribution in [0.15, 0.2) is 48.5 Å². The SMILES string of the molecule is Cc1cccc(NC(=O)[C@@H](NC(=O)Cc2ccccc2)C(C)C)n1. The van der Waals surface area contributed by atoms with Crippen LogP contribution in [-0.2, 0) is 16.0 Å². The Labute approximate surface area is 142 Å². The van der Waals surface area contributed by atoms with Crippen LogP contribution in [0.1, 0.15) is 25.1 Å². The third-order valence-electron chi connectivity index (χ3n) is 3.61. The van der Waals surface area contributed by atoms with Gasteiger partial charge in [0.1, 0.15) is 11.9 Å². The first-order chi connectivity index (χ1) is 11.5. The van der Waals surface area contributed by atoms with Crippen molar-refractivity contribution in [2.75, 3.05) is 5.32 Å². The van der Waals surface area contributed by atoms with E-state index in [1.807, 2.05) is 63.2 Å². The third-order valence-corrected chi connectivity index (χ3v) is 3.61. The van der Waals surface area contributed by atoms with Gasteiger partial charge >= 0.3 is 0 Å². The Kier molecular flexibility index (Phi) is 6.07. The molecule has 2 aromatic rings. The maximum atomic E-state index is 12.5. The second kappa shape index (κ2) is 8.24. The van der Waals surface area contributed by atoms with E-state index in [0.717, 1.165) is 11.3 Å². The lowest BCUT2D eigenvalue weighted by Gasteiger charge is -2.21. The molecule has 2 amide bonds. The minimum Gasteiger partial charge on any atom is -0.344 e. The van der Waals surface area contributed by atoms with Gasteiger partial charge in [-0.05, 0) is 30.5 Å².